The normalized spacial score (nSPS) is 15.6. The molecule has 0 bridgehead atoms. The minimum absolute atomic E-state index is 0.0777. The molecule has 1 heterocycles. The number of rotatable bonds is 8. The monoisotopic (exact) mass is 379 g/mol. The lowest BCUT2D eigenvalue weighted by molar-refractivity contribution is 0.104. The first kappa shape index (κ1) is 19.0. The van der Waals surface area contributed by atoms with E-state index in [0.717, 1.165) is 71.8 Å². The molecular formula is C24H29NO3. The minimum Gasteiger partial charge on any atom is -0.493 e. The van der Waals surface area contributed by atoms with Crippen molar-refractivity contribution in [3.05, 3.63) is 47.0 Å². The van der Waals surface area contributed by atoms with E-state index < -0.39 is 0 Å². The van der Waals surface area contributed by atoms with Gasteiger partial charge in [-0.2, -0.15) is 0 Å². The van der Waals surface area contributed by atoms with E-state index in [1.54, 1.807) is 0 Å². The lowest BCUT2D eigenvalue weighted by Crippen LogP contribution is -2.25. The van der Waals surface area contributed by atoms with Crippen molar-refractivity contribution < 1.29 is 14.3 Å². The Labute approximate surface area is 167 Å². The third kappa shape index (κ3) is 3.53. The average Bonchev–Trinajstić information content (AvgIpc) is 3.30. The van der Waals surface area contributed by atoms with Crippen LogP contribution < -0.4 is 9.47 Å². The van der Waals surface area contributed by atoms with Crippen LogP contribution in [0.2, 0.25) is 0 Å². The van der Waals surface area contributed by atoms with Gasteiger partial charge in [0.1, 0.15) is 18.1 Å². The second-order valence-corrected chi connectivity index (χ2v) is 7.60. The summed E-state index contributed by atoms with van der Waals surface area (Å²) in [5.74, 6) is 1.66. The van der Waals surface area contributed by atoms with Gasteiger partial charge in [0.25, 0.3) is 0 Å². The Morgan fingerprint density at radius 3 is 2.50 bits per heavy atom. The standard InChI is InChI=1S/C24H29NO3/c1-3-8-17-15-19-23(21(16-17)27-4-2)22-18(24(19)26)9-7-10-20(22)28-14-13-25-11-5-6-12-25/h7,9-10,15-16H,3-6,8,11-14H2,1-2H3. The number of fused-ring (bicyclic) bond motifs is 3. The van der Waals surface area contributed by atoms with Crippen LogP contribution in [0, 0.1) is 0 Å². The minimum atomic E-state index is 0.0777. The zero-order valence-corrected chi connectivity index (χ0v) is 16.9. The van der Waals surface area contributed by atoms with Gasteiger partial charge in [-0.15, -0.1) is 0 Å². The Morgan fingerprint density at radius 2 is 1.75 bits per heavy atom. The number of benzene rings is 2. The van der Waals surface area contributed by atoms with Crippen LogP contribution in [0.15, 0.2) is 30.3 Å². The molecule has 28 heavy (non-hydrogen) atoms. The molecule has 2 aromatic carbocycles. The highest BCUT2D eigenvalue weighted by atomic mass is 16.5. The largest absolute Gasteiger partial charge is 0.493 e. The smallest absolute Gasteiger partial charge is 0.194 e. The lowest BCUT2D eigenvalue weighted by Gasteiger charge is -2.17. The molecule has 0 radical (unpaired) electrons. The quantitative estimate of drug-likeness (QED) is 0.567. The first-order valence-corrected chi connectivity index (χ1v) is 10.6. The van der Waals surface area contributed by atoms with E-state index >= 15 is 0 Å². The topological polar surface area (TPSA) is 38.8 Å². The molecule has 4 heteroatoms. The number of ether oxygens (including phenoxy) is 2. The van der Waals surface area contributed by atoms with Crippen LogP contribution in [0.3, 0.4) is 0 Å². The average molecular weight is 380 g/mol. The molecule has 2 aromatic rings. The SMILES string of the molecule is CCCc1cc(OCC)c2c(c1)C(=O)c1cccc(OCCN3CCCC3)c1-2. The van der Waals surface area contributed by atoms with Gasteiger partial charge in [-0.25, -0.2) is 0 Å². The number of aryl methyl sites for hydroxylation is 1. The summed E-state index contributed by atoms with van der Waals surface area (Å²) in [4.78, 5) is 15.6. The second kappa shape index (κ2) is 8.36. The van der Waals surface area contributed by atoms with Crippen molar-refractivity contribution in [3.8, 4) is 22.6 Å². The van der Waals surface area contributed by atoms with E-state index in [2.05, 4.69) is 17.9 Å². The van der Waals surface area contributed by atoms with E-state index in [4.69, 9.17) is 9.47 Å². The van der Waals surface area contributed by atoms with Gasteiger partial charge >= 0.3 is 0 Å². The Morgan fingerprint density at radius 1 is 0.964 bits per heavy atom. The molecule has 1 aliphatic carbocycles. The summed E-state index contributed by atoms with van der Waals surface area (Å²) in [6.07, 6.45) is 4.54. The zero-order valence-electron chi connectivity index (χ0n) is 16.9. The predicted octanol–water partition coefficient (Wildman–Crippen LogP) is 4.72. The van der Waals surface area contributed by atoms with Crippen molar-refractivity contribution in [3.63, 3.8) is 0 Å². The van der Waals surface area contributed by atoms with E-state index in [-0.39, 0.29) is 5.78 Å². The third-order valence-corrected chi connectivity index (χ3v) is 5.63. The molecule has 0 spiro atoms. The van der Waals surface area contributed by atoms with Gasteiger partial charge in [-0.3, -0.25) is 9.69 Å². The Kier molecular flexibility index (Phi) is 5.67. The van der Waals surface area contributed by atoms with Gasteiger partial charge in [0.2, 0.25) is 0 Å². The van der Waals surface area contributed by atoms with Crippen molar-refractivity contribution in [1.82, 2.24) is 4.90 Å². The summed E-state index contributed by atoms with van der Waals surface area (Å²) >= 11 is 0. The molecule has 0 aromatic heterocycles. The van der Waals surface area contributed by atoms with E-state index in [0.29, 0.717) is 13.2 Å². The Bertz CT molecular complexity index is 868. The number of hydrogen-bond acceptors (Lipinski definition) is 4. The fourth-order valence-corrected chi connectivity index (χ4v) is 4.35. The van der Waals surface area contributed by atoms with Crippen molar-refractivity contribution in [2.45, 2.75) is 39.5 Å². The number of carbonyl (C=O) groups excluding carboxylic acids is 1. The van der Waals surface area contributed by atoms with Crippen LogP contribution in [-0.4, -0.2) is 43.5 Å². The van der Waals surface area contributed by atoms with Crippen molar-refractivity contribution >= 4 is 5.78 Å². The molecular weight excluding hydrogens is 350 g/mol. The fraction of sp³-hybridized carbons (Fsp3) is 0.458. The van der Waals surface area contributed by atoms with Gasteiger partial charge in [0.15, 0.2) is 5.78 Å². The predicted molar refractivity (Wildman–Crippen MR) is 112 cm³/mol. The van der Waals surface area contributed by atoms with E-state index in [1.165, 1.54) is 12.8 Å². The molecule has 0 amide bonds. The summed E-state index contributed by atoms with van der Waals surface area (Å²) in [6, 6.07) is 9.93. The number of ketones is 1. The summed E-state index contributed by atoms with van der Waals surface area (Å²) in [5, 5.41) is 0. The van der Waals surface area contributed by atoms with Crippen LogP contribution in [-0.2, 0) is 6.42 Å². The molecule has 1 saturated heterocycles. The first-order chi connectivity index (χ1) is 13.7. The molecule has 2 aliphatic rings. The summed E-state index contributed by atoms with van der Waals surface area (Å²) in [5.41, 5.74) is 4.43. The van der Waals surface area contributed by atoms with Gasteiger partial charge in [0, 0.05) is 28.8 Å². The summed E-state index contributed by atoms with van der Waals surface area (Å²) < 4.78 is 12.1. The highest BCUT2D eigenvalue weighted by Gasteiger charge is 2.33. The highest BCUT2D eigenvalue weighted by Crippen LogP contribution is 2.48. The maximum Gasteiger partial charge on any atom is 0.194 e. The van der Waals surface area contributed by atoms with Crippen molar-refractivity contribution in [2.75, 3.05) is 32.8 Å². The summed E-state index contributed by atoms with van der Waals surface area (Å²) in [6.45, 7) is 8.59. The summed E-state index contributed by atoms with van der Waals surface area (Å²) in [7, 11) is 0. The molecule has 4 rings (SSSR count). The molecule has 0 unspecified atom stereocenters. The molecule has 148 valence electrons. The maximum absolute atomic E-state index is 13.1. The van der Waals surface area contributed by atoms with Crippen LogP contribution >= 0.6 is 0 Å². The van der Waals surface area contributed by atoms with Gasteiger partial charge in [-0.1, -0.05) is 25.5 Å². The fourth-order valence-electron chi connectivity index (χ4n) is 4.35. The molecule has 1 aliphatic heterocycles. The molecule has 1 fully saturated rings. The number of likely N-dealkylation sites (tertiary alicyclic amines) is 1. The lowest BCUT2D eigenvalue weighted by atomic mass is 9.99. The van der Waals surface area contributed by atoms with Crippen molar-refractivity contribution in [1.29, 1.82) is 0 Å². The van der Waals surface area contributed by atoms with Crippen LogP contribution in [0.1, 0.15) is 54.6 Å². The third-order valence-electron chi connectivity index (χ3n) is 5.63. The molecule has 0 atom stereocenters. The number of carbonyl (C=O) groups is 1. The van der Waals surface area contributed by atoms with Gasteiger partial charge in [-0.05, 0) is 63.0 Å². The molecule has 0 saturated carbocycles. The van der Waals surface area contributed by atoms with E-state index in [9.17, 15) is 4.79 Å². The maximum atomic E-state index is 13.1. The van der Waals surface area contributed by atoms with Crippen LogP contribution in [0.4, 0.5) is 0 Å². The zero-order chi connectivity index (χ0) is 19.5. The second-order valence-electron chi connectivity index (χ2n) is 7.60. The number of nitrogens with zero attached hydrogens (tertiary/aromatic N) is 1. The van der Waals surface area contributed by atoms with Crippen LogP contribution in [0.25, 0.3) is 11.1 Å². The van der Waals surface area contributed by atoms with E-state index in [1.807, 2.05) is 31.2 Å². The Hall–Kier alpha value is -2.33. The van der Waals surface area contributed by atoms with Gasteiger partial charge < -0.3 is 9.47 Å². The Balaban J connectivity index is 1.68. The highest BCUT2D eigenvalue weighted by molar-refractivity contribution is 6.23. The first-order valence-electron chi connectivity index (χ1n) is 10.6. The van der Waals surface area contributed by atoms with Gasteiger partial charge in [0.05, 0.1) is 6.61 Å². The van der Waals surface area contributed by atoms with Crippen LogP contribution in [0.5, 0.6) is 11.5 Å². The number of hydrogen-bond donors (Lipinski definition) is 0. The molecule has 0 N–H and O–H groups in total. The molecule has 4 nitrogen and oxygen atoms in total. The van der Waals surface area contributed by atoms with Crippen molar-refractivity contribution in [2.24, 2.45) is 0 Å².